The fourth-order valence-electron chi connectivity index (χ4n) is 3.88. The summed E-state index contributed by atoms with van der Waals surface area (Å²) in [6.45, 7) is 5.40. The molecule has 0 aromatic heterocycles. The molecule has 154 valence electrons. The van der Waals surface area contributed by atoms with Gasteiger partial charge in [-0.1, -0.05) is 13.3 Å². The minimum absolute atomic E-state index is 0.0364. The minimum Gasteiger partial charge on any atom is -0.327 e. The first kappa shape index (κ1) is 20.8. The number of nitrogens with zero attached hydrogens (tertiary/aromatic N) is 1. The topological polar surface area (TPSA) is 92.1 Å². The van der Waals surface area contributed by atoms with Gasteiger partial charge in [-0.3, -0.25) is 14.5 Å². The van der Waals surface area contributed by atoms with E-state index in [4.69, 9.17) is 0 Å². The highest BCUT2D eigenvalue weighted by atomic mass is 32.2. The van der Waals surface area contributed by atoms with Crippen molar-refractivity contribution < 1.29 is 18.1 Å². The van der Waals surface area contributed by atoms with E-state index in [1.165, 1.54) is 23.5 Å². The zero-order chi connectivity index (χ0) is 20.0. The van der Waals surface area contributed by atoms with Crippen LogP contribution in [0.15, 0.2) is 34.2 Å². The molecule has 0 spiro atoms. The number of anilines is 1. The number of nitrogens with one attached hydrogen (secondary N) is 3. The Morgan fingerprint density at radius 2 is 1.96 bits per heavy atom. The number of amides is 1. The second kappa shape index (κ2) is 9.52. The van der Waals surface area contributed by atoms with Gasteiger partial charge in [-0.15, -0.1) is 0 Å². The molecule has 1 saturated heterocycles. The number of likely N-dealkylation sites (tertiary alicyclic amines) is 1. The molecule has 1 fully saturated rings. The summed E-state index contributed by atoms with van der Waals surface area (Å²) in [4.78, 5) is 18.1. The number of carbonyl (C=O) groups excluding carboxylic acids is 1. The molecule has 8 heteroatoms. The molecule has 1 aromatic carbocycles. The molecular weight excluding hydrogens is 376 g/mol. The van der Waals surface area contributed by atoms with E-state index in [9.17, 15) is 13.2 Å². The number of quaternary nitrogens is 1. The lowest BCUT2D eigenvalue weighted by atomic mass is 10.0. The van der Waals surface area contributed by atoms with Gasteiger partial charge in [0.15, 0.2) is 6.54 Å². The van der Waals surface area contributed by atoms with Crippen molar-refractivity contribution in [3.05, 3.63) is 24.3 Å². The third-order valence-electron chi connectivity index (χ3n) is 5.35. The standard InChI is InChI=1S/C20H30N4O3S/c1-16-6-5-13-24(14-16)15-20(25)22-17-8-10-18(11-9-17)28(26,27)23-19-7-3-2-4-12-21-19/h8-11,16H,2-7,12-15H2,1H3,(H,21,23)(H,22,25)/p+1/t16-/m1/s1. The van der Waals surface area contributed by atoms with Gasteiger partial charge in [-0.25, -0.2) is 8.42 Å². The van der Waals surface area contributed by atoms with Crippen molar-refractivity contribution in [3.8, 4) is 0 Å². The minimum atomic E-state index is -3.65. The second-order valence-electron chi connectivity index (χ2n) is 7.95. The lowest BCUT2D eigenvalue weighted by molar-refractivity contribution is -0.900. The smallest absolute Gasteiger partial charge is 0.279 e. The Kier molecular flexibility index (Phi) is 7.07. The van der Waals surface area contributed by atoms with Crippen molar-refractivity contribution in [2.24, 2.45) is 10.9 Å². The number of carbonyl (C=O) groups is 1. The van der Waals surface area contributed by atoms with Gasteiger partial charge < -0.3 is 10.2 Å². The van der Waals surface area contributed by atoms with E-state index >= 15 is 0 Å². The summed E-state index contributed by atoms with van der Waals surface area (Å²) >= 11 is 0. The highest BCUT2D eigenvalue weighted by molar-refractivity contribution is 7.90. The maximum Gasteiger partial charge on any atom is 0.279 e. The normalized spacial score (nSPS) is 23.4. The Morgan fingerprint density at radius 3 is 2.71 bits per heavy atom. The fraction of sp³-hybridized carbons (Fsp3) is 0.600. The van der Waals surface area contributed by atoms with Crippen LogP contribution in [0.25, 0.3) is 0 Å². The van der Waals surface area contributed by atoms with Crippen LogP contribution in [-0.2, 0) is 14.8 Å². The summed E-state index contributed by atoms with van der Waals surface area (Å²) in [5.41, 5.74) is 0.611. The van der Waals surface area contributed by atoms with E-state index in [0.29, 0.717) is 37.0 Å². The van der Waals surface area contributed by atoms with Crippen molar-refractivity contribution in [1.29, 1.82) is 0 Å². The first-order chi connectivity index (χ1) is 13.4. The molecule has 2 aliphatic rings. The molecule has 3 N–H and O–H groups in total. The zero-order valence-electron chi connectivity index (χ0n) is 16.5. The van der Waals surface area contributed by atoms with E-state index in [1.54, 1.807) is 12.1 Å². The number of hydrogen-bond donors (Lipinski definition) is 3. The van der Waals surface area contributed by atoms with Crippen LogP contribution in [0.1, 0.15) is 45.4 Å². The van der Waals surface area contributed by atoms with E-state index in [0.717, 1.165) is 38.8 Å². The molecule has 1 amide bonds. The largest absolute Gasteiger partial charge is 0.327 e. The molecule has 2 aliphatic heterocycles. The van der Waals surface area contributed by atoms with Gasteiger partial charge >= 0.3 is 0 Å². The van der Waals surface area contributed by atoms with Crippen LogP contribution in [-0.4, -0.2) is 46.3 Å². The van der Waals surface area contributed by atoms with Crippen molar-refractivity contribution in [2.45, 2.75) is 50.3 Å². The van der Waals surface area contributed by atoms with Gasteiger partial charge in [-0.05, 0) is 49.9 Å². The van der Waals surface area contributed by atoms with Gasteiger partial charge in [0.2, 0.25) is 0 Å². The van der Waals surface area contributed by atoms with Gasteiger partial charge in [0.25, 0.3) is 15.9 Å². The van der Waals surface area contributed by atoms with Gasteiger partial charge in [-0.2, -0.15) is 0 Å². The summed E-state index contributed by atoms with van der Waals surface area (Å²) in [6, 6.07) is 6.31. The van der Waals surface area contributed by atoms with Crippen LogP contribution in [0.4, 0.5) is 5.69 Å². The Hall–Kier alpha value is -1.93. The van der Waals surface area contributed by atoms with Crippen LogP contribution >= 0.6 is 0 Å². The highest BCUT2D eigenvalue weighted by Crippen LogP contribution is 2.15. The molecule has 0 aliphatic carbocycles. The third kappa shape index (κ3) is 6.04. The fourth-order valence-corrected chi connectivity index (χ4v) is 4.97. The number of sulfonamides is 1. The SMILES string of the molecule is C[C@@H]1CCC[NH+](CC(=O)Nc2ccc(S(=O)(=O)NC3=NCCCCC3)cc2)C1. The lowest BCUT2D eigenvalue weighted by Gasteiger charge is -2.27. The number of rotatable bonds is 5. The van der Waals surface area contributed by atoms with Gasteiger partial charge in [0.1, 0.15) is 5.84 Å². The number of piperidine rings is 1. The van der Waals surface area contributed by atoms with Gasteiger partial charge in [0.05, 0.1) is 18.0 Å². The van der Waals surface area contributed by atoms with E-state index in [1.807, 2.05) is 0 Å². The van der Waals surface area contributed by atoms with Crippen molar-refractivity contribution >= 4 is 27.5 Å². The molecular formula is C20H31N4O3S+. The predicted octanol–water partition coefficient (Wildman–Crippen LogP) is 1.19. The molecule has 7 nitrogen and oxygen atoms in total. The van der Waals surface area contributed by atoms with E-state index < -0.39 is 10.0 Å². The van der Waals surface area contributed by atoms with Crippen LogP contribution in [0.3, 0.4) is 0 Å². The quantitative estimate of drug-likeness (QED) is 0.685. The summed E-state index contributed by atoms with van der Waals surface area (Å²) < 4.78 is 27.7. The summed E-state index contributed by atoms with van der Waals surface area (Å²) in [5, 5.41) is 2.87. The second-order valence-corrected chi connectivity index (χ2v) is 9.63. The molecule has 28 heavy (non-hydrogen) atoms. The molecule has 0 saturated carbocycles. The Bertz CT molecular complexity index is 805. The van der Waals surface area contributed by atoms with Crippen LogP contribution in [0.5, 0.6) is 0 Å². The van der Waals surface area contributed by atoms with Crippen molar-refractivity contribution in [2.75, 3.05) is 31.5 Å². The molecule has 3 rings (SSSR count). The molecule has 0 radical (unpaired) electrons. The van der Waals surface area contributed by atoms with Crippen molar-refractivity contribution in [3.63, 3.8) is 0 Å². The molecule has 1 aromatic rings. The van der Waals surface area contributed by atoms with E-state index in [2.05, 4.69) is 22.0 Å². The molecule has 2 heterocycles. The maximum absolute atomic E-state index is 12.6. The molecule has 0 bridgehead atoms. The summed E-state index contributed by atoms with van der Waals surface area (Å²) in [5.74, 6) is 1.16. The summed E-state index contributed by atoms with van der Waals surface area (Å²) in [7, 11) is -3.65. The van der Waals surface area contributed by atoms with E-state index in [-0.39, 0.29) is 10.8 Å². The lowest BCUT2D eigenvalue weighted by Crippen LogP contribution is -3.14. The Morgan fingerprint density at radius 1 is 1.18 bits per heavy atom. The number of amidine groups is 1. The molecule has 2 atom stereocenters. The highest BCUT2D eigenvalue weighted by Gasteiger charge is 2.22. The molecule has 1 unspecified atom stereocenters. The maximum atomic E-state index is 12.6. The first-order valence-electron chi connectivity index (χ1n) is 10.2. The Labute approximate surface area is 167 Å². The van der Waals surface area contributed by atoms with Crippen LogP contribution in [0.2, 0.25) is 0 Å². The first-order valence-corrected chi connectivity index (χ1v) is 11.7. The number of hydrogen-bond acceptors (Lipinski definition) is 4. The summed E-state index contributed by atoms with van der Waals surface area (Å²) in [6.07, 6.45) is 6.07. The zero-order valence-corrected chi connectivity index (χ0v) is 17.4. The number of benzene rings is 1. The third-order valence-corrected chi connectivity index (χ3v) is 6.75. The van der Waals surface area contributed by atoms with Crippen LogP contribution in [0, 0.1) is 5.92 Å². The monoisotopic (exact) mass is 407 g/mol. The number of aliphatic imine (C=N–C) groups is 1. The average molecular weight is 408 g/mol. The average Bonchev–Trinajstić information content (AvgIpc) is 2.90. The predicted molar refractivity (Wildman–Crippen MR) is 110 cm³/mol. The van der Waals surface area contributed by atoms with Crippen LogP contribution < -0.4 is 14.9 Å². The van der Waals surface area contributed by atoms with Gasteiger partial charge in [0, 0.05) is 24.6 Å². The Balaban J connectivity index is 1.56. The van der Waals surface area contributed by atoms with Crippen molar-refractivity contribution in [1.82, 2.24) is 4.72 Å².